The topological polar surface area (TPSA) is 32.7 Å². The molecule has 2 aliphatic rings. The fourth-order valence-corrected chi connectivity index (χ4v) is 5.01. The first kappa shape index (κ1) is 24.1. The van der Waals surface area contributed by atoms with Gasteiger partial charge in [-0.3, -0.25) is 4.90 Å². The molecule has 0 radical (unpaired) electrons. The van der Waals surface area contributed by atoms with Crippen molar-refractivity contribution in [2.45, 2.75) is 49.9 Å². The molecule has 3 unspecified atom stereocenters. The minimum Gasteiger partial charge on any atom is -0.493 e. The molecule has 0 aromatic heterocycles. The van der Waals surface area contributed by atoms with Gasteiger partial charge in [0.05, 0.1) is 18.3 Å². The molecule has 0 saturated heterocycles. The number of aliphatic hydroxyl groups is 1. The molecule has 1 aliphatic carbocycles. The second-order valence-corrected chi connectivity index (χ2v) is 9.59. The third kappa shape index (κ3) is 5.23. The molecular weight excluding hydrogens is 451 g/mol. The summed E-state index contributed by atoms with van der Waals surface area (Å²) in [4.78, 5) is 2.25. The lowest BCUT2D eigenvalue weighted by molar-refractivity contribution is -0.137. The van der Waals surface area contributed by atoms with Gasteiger partial charge >= 0.3 is 6.18 Å². The van der Waals surface area contributed by atoms with E-state index in [1.807, 2.05) is 24.3 Å². The minimum absolute atomic E-state index is 0.0705. The number of benzene rings is 2. The van der Waals surface area contributed by atoms with Crippen molar-refractivity contribution in [2.75, 3.05) is 19.7 Å². The summed E-state index contributed by atoms with van der Waals surface area (Å²) in [5.74, 6) is 0.484. The number of alkyl halides is 3. The van der Waals surface area contributed by atoms with Crippen LogP contribution in [-0.4, -0.2) is 41.8 Å². The van der Waals surface area contributed by atoms with Crippen molar-refractivity contribution < 1.29 is 23.0 Å². The highest BCUT2D eigenvalue weighted by Gasteiger charge is 2.46. The highest BCUT2D eigenvalue weighted by Crippen LogP contribution is 2.47. The number of hydrogen-bond donors (Lipinski definition) is 1. The summed E-state index contributed by atoms with van der Waals surface area (Å²) in [7, 11) is 0. The molecule has 2 aromatic carbocycles. The summed E-state index contributed by atoms with van der Waals surface area (Å²) >= 11 is 6.05. The van der Waals surface area contributed by atoms with E-state index in [-0.39, 0.29) is 17.4 Å². The summed E-state index contributed by atoms with van der Waals surface area (Å²) < 4.78 is 44.1. The fourth-order valence-electron chi connectivity index (χ4n) is 4.89. The molecule has 0 bridgehead atoms. The largest absolute Gasteiger partial charge is 0.493 e. The van der Waals surface area contributed by atoms with Gasteiger partial charge in [-0.1, -0.05) is 42.3 Å². The van der Waals surface area contributed by atoms with Crippen molar-refractivity contribution in [3.8, 4) is 5.75 Å². The first-order valence-corrected chi connectivity index (χ1v) is 11.7. The van der Waals surface area contributed by atoms with E-state index in [2.05, 4.69) is 24.0 Å². The summed E-state index contributed by atoms with van der Waals surface area (Å²) in [6.07, 6.45) is 2.31. The van der Waals surface area contributed by atoms with Crippen molar-refractivity contribution in [1.82, 2.24) is 4.90 Å². The third-order valence-corrected chi connectivity index (χ3v) is 7.51. The second-order valence-electron chi connectivity index (χ2n) is 9.15. The monoisotopic (exact) mass is 479 g/mol. The zero-order valence-electron chi connectivity index (χ0n) is 18.6. The van der Waals surface area contributed by atoms with Gasteiger partial charge < -0.3 is 9.84 Å². The Balaban J connectivity index is 1.37. The zero-order chi connectivity index (χ0) is 23.6. The molecule has 0 spiro atoms. The molecule has 178 valence electrons. The van der Waals surface area contributed by atoms with Crippen LogP contribution in [0.1, 0.15) is 37.3 Å². The lowest BCUT2D eigenvalue weighted by Gasteiger charge is -2.48. The van der Waals surface area contributed by atoms with E-state index in [1.165, 1.54) is 12.1 Å². The van der Waals surface area contributed by atoms with E-state index in [4.69, 9.17) is 16.3 Å². The molecular formula is C26H29ClF3NO2. The molecule has 33 heavy (non-hydrogen) atoms. The maximum atomic E-state index is 12.8. The van der Waals surface area contributed by atoms with E-state index >= 15 is 0 Å². The second kappa shape index (κ2) is 9.69. The molecule has 1 N–H and O–H groups in total. The van der Waals surface area contributed by atoms with Crippen LogP contribution in [0.25, 0.3) is 0 Å². The summed E-state index contributed by atoms with van der Waals surface area (Å²) in [5.41, 5.74) is 0.206. The van der Waals surface area contributed by atoms with Crippen molar-refractivity contribution >= 4 is 11.6 Å². The van der Waals surface area contributed by atoms with Gasteiger partial charge in [-0.05, 0) is 61.7 Å². The lowest BCUT2D eigenvalue weighted by Crippen LogP contribution is -2.54. The van der Waals surface area contributed by atoms with Gasteiger partial charge in [0.25, 0.3) is 0 Å². The highest BCUT2D eigenvalue weighted by molar-refractivity contribution is 6.30. The number of β-amino-alcohol motifs (C(OH)–C–C–N with tert-alkyl or cyclic N) is 1. The number of halogens is 4. The Bertz CT molecular complexity index is 955. The first-order valence-electron chi connectivity index (χ1n) is 11.3. The van der Waals surface area contributed by atoms with Gasteiger partial charge in [-0.25, -0.2) is 0 Å². The van der Waals surface area contributed by atoms with Crippen LogP contribution in [0, 0.1) is 5.92 Å². The van der Waals surface area contributed by atoms with Crippen molar-refractivity contribution in [2.24, 2.45) is 5.92 Å². The molecule has 3 atom stereocenters. The fraction of sp³-hybridized carbons (Fsp3) is 0.462. The molecule has 0 amide bonds. The predicted octanol–water partition coefficient (Wildman–Crippen LogP) is 6.10. The van der Waals surface area contributed by atoms with Crippen LogP contribution in [0.15, 0.2) is 60.7 Å². The molecule has 2 aromatic rings. The number of hydrogen-bond acceptors (Lipinski definition) is 3. The number of ether oxygens (including phenoxy) is 1. The SMILES string of the molecule is CC1C(COc2ccc(C(F)(F)F)cc2)C=CCN1CC(O)C1(c2ccc(Cl)cc2)CCC1. The number of aliphatic hydroxyl groups excluding tert-OH is 1. The van der Waals surface area contributed by atoms with Gasteiger partial charge in [0.2, 0.25) is 0 Å². The average Bonchev–Trinajstić information content (AvgIpc) is 2.74. The smallest absolute Gasteiger partial charge is 0.416 e. The van der Waals surface area contributed by atoms with E-state index in [0.29, 0.717) is 23.9 Å². The molecule has 4 rings (SSSR count). The Kier molecular flexibility index (Phi) is 7.08. The molecule has 1 aliphatic heterocycles. The lowest BCUT2D eigenvalue weighted by atomic mass is 9.61. The maximum absolute atomic E-state index is 12.8. The van der Waals surface area contributed by atoms with Gasteiger partial charge in [-0.15, -0.1) is 0 Å². The summed E-state index contributed by atoms with van der Waals surface area (Å²) in [6, 6.07) is 12.7. The van der Waals surface area contributed by atoms with Crippen LogP contribution >= 0.6 is 11.6 Å². The molecule has 7 heteroatoms. The van der Waals surface area contributed by atoms with Crippen LogP contribution in [0.4, 0.5) is 13.2 Å². The van der Waals surface area contributed by atoms with E-state index in [1.54, 1.807) is 0 Å². The van der Waals surface area contributed by atoms with Crippen LogP contribution < -0.4 is 4.74 Å². The Hall–Kier alpha value is -2.02. The van der Waals surface area contributed by atoms with Crippen molar-refractivity contribution in [3.63, 3.8) is 0 Å². The molecule has 1 fully saturated rings. The van der Waals surface area contributed by atoms with E-state index in [0.717, 1.165) is 43.5 Å². The molecule has 1 saturated carbocycles. The van der Waals surface area contributed by atoms with Gasteiger partial charge in [0.1, 0.15) is 5.75 Å². The highest BCUT2D eigenvalue weighted by atomic mass is 35.5. The molecule has 1 heterocycles. The van der Waals surface area contributed by atoms with Gasteiger partial charge in [0, 0.05) is 35.5 Å². The van der Waals surface area contributed by atoms with E-state index in [9.17, 15) is 18.3 Å². The average molecular weight is 480 g/mol. The van der Waals surface area contributed by atoms with Crippen molar-refractivity contribution in [1.29, 1.82) is 0 Å². The van der Waals surface area contributed by atoms with Gasteiger partial charge in [-0.2, -0.15) is 13.2 Å². The molecule has 3 nitrogen and oxygen atoms in total. The Morgan fingerprint density at radius 2 is 1.79 bits per heavy atom. The van der Waals surface area contributed by atoms with Crippen LogP contribution in [-0.2, 0) is 11.6 Å². The maximum Gasteiger partial charge on any atom is 0.416 e. The summed E-state index contributed by atoms with van der Waals surface area (Å²) in [6.45, 7) is 3.75. The summed E-state index contributed by atoms with van der Waals surface area (Å²) in [5, 5.41) is 12.0. The number of rotatable bonds is 7. The quantitative estimate of drug-likeness (QED) is 0.487. The minimum atomic E-state index is -4.36. The first-order chi connectivity index (χ1) is 15.7. The predicted molar refractivity (Wildman–Crippen MR) is 124 cm³/mol. The van der Waals surface area contributed by atoms with Crippen LogP contribution in [0.3, 0.4) is 0 Å². The Morgan fingerprint density at radius 3 is 2.36 bits per heavy atom. The Morgan fingerprint density at radius 1 is 1.12 bits per heavy atom. The van der Waals surface area contributed by atoms with Crippen LogP contribution in [0.5, 0.6) is 5.75 Å². The number of nitrogens with zero attached hydrogens (tertiary/aromatic N) is 1. The van der Waals surface area contributed by atoms with E-state index < -0.39 is 17.8 Å². The van der Waals surface area contributed by atoms with Gasteiger partial charge in [0.15, 0.2) is 0 Å². The third-order valence-electron chi connectivity index (χ3n) is 7.25. The normalized spacial score (nSPS) is 23.7. The van der Waals surface area contributed by atoms with Crippen LogP contribution in [0.2, 0.25) is 5.02 Å². The van der Waals surface area contributed by atoms with Crippen molar-refractivity contribution in [3.05, 3.63) is 76.8 Å². The zero-order valence-corrected chi connectivity index (χ0v) is 19.3. The Labute approximate surface area is 197 Å². The standard InChI is InChI=1S/C26H29ClF3NO2/c1-18-19(17-33-23-11-7-21(8-12-23)26(28,29)30)4-2-15-31(18)16-24(32)25(13-3-14-25)20-5-9-22(27)10-6-20/h2,4-12,18-19,24,32H,3,13-17H2,1H3.